The van der Waals surface area contributed by atoms with Crippen LogP contribution in [0.1, 0.15) is 19.8 Å². The first-order valence-corrected chi connectivity index (χ1v) is 4.12. The summed E-state index contributed by atoms with van der Waals surface area (Å²) < 4.78 is 0. The summed E-state index contributed by atoms with van der Waals surface area (Å²) in [5.74, 6) is 0.107. The van der Waals surface area contributed by atoms with Crippen LogP contribution in [0.25, 0.3) is 0 Å². The standard InChI is InChI=1S/C7H12ClNO/c1-2-3-4-9-5-6(8)7(9)10/h6H,2-5H2,1H3. The molecule has 0 aromatic rings. The van der Waals surface area contributed by atoms with Crippen LogP contribution in [0.15, 0.2) is 0 Å². The monoisotopic (exact) mass is 161 g/mol. The molecule has 58 valence electrons. The van der Waals surface area contributed by atoms with Gasteiger partial charge in [0.05, 0.1) is 0 Å². The van der Waals surface area contributed by atoms with Crippen molar-refractivity contribution in [1.29, 1.82) is 0 Å². The first kappa shape index (κ1) is 7.86. The molecule has 0 aliphatic carbocycles. The summed E-state index contributed by atoms with van der Waals surface area (Å²) in [6, 6.07) is 0. The van der Waals surface area contributed by atoms with Crippen LogP contribution < -0.4 is 0 Å². The minimum absolute atomic E-state index is 0.107. The van der Waals surface area contributed by atoms with Gasteiger partial charge >= 0.3 is 0 Å². The van der Waals surface area contributed by atoms with E-state index in [4.69, 9.17) is 11.6 Å². The number of β-lactam (4-membered cyclic amide) rings is 1. The number of carbonyl (C=O) groups is 1. The van der Waals surface area contributed by atoms with Gasteiger partial charge in [-0.3, -0.25) is 4.79 Å². The third-order valence-corrected chi connectivity index (χ3v) is 2.07. The van der Waals surface area contributed by atoms with E-state index in [0.717, 1.165) is 25.9 Å². The van der Waals surface area contributed by atoms with Crippen molar-refractivity contribution in [3.05, 3.63) is 0 Å². The fourth-order valence-electron chi connectivity index (χ4n) is 0.998. The Balaban J connectivity index is 2.15. The predicted octanol–water partition coefficient (Wildman–Crippen LogP) is 1.24. The normalized spacial score (nSPS) is 24.8. The van der Waals surface area contributed by atoms with Gasteiger partial charge in [0.25, 0.3) is 0 Å². The number of amides is 1. The van der Waals surface area contributed by atoms with Crippen LogP contribution >= 0.6 is 11.6 Å². The summed E-state index contributed by atoms with van der Waals surface area (Å²) in [5.41, 5.74) is 0. The first-order chi connectivity index (χ1) is 4.75. The predicted molar refractivity (Wildman–Crippen MR) is 41.1 cm³/mol. The number of hydrogen-bond acceptors (Lipinski definition) is 1. The summed E-state index contributed by atoms with van der Waals surface area (Å²) in [6.45, 7) is 3.75. The smallest absolute Gasteiger partial charge is 0.242 e. The Morgan fingerprint density at radius 1 is 1.80 bits per heavy atom. The Hall–Kier alpha value is -0.240. The summed E-state index contributed by atoms with van der Waals surface area (Å²) in [7, 11) is 0. The largest absolute Gasteiger partial charge is 0.339 e. The van der Waals surface area contributed by atoms with Crippen molar-refractivity contribution in [3.8, 4) is 0 Å². The average molecular weight is 162 g/mol. The highest BCUT2D eigenvalue weighted by Crippen LogP contribution is 2.15. The van der Waals surface area contributed by atoms with Crippen molar-refractivity contribution in [2.24, 2.45) is 0 Å². The van der Waals surface area contributed by atoms with Gasteiger partial charge in [-0.25, -0.2) is 0 Å². The second kappa shape index (κ2) is 3.24. The Kier molecular flexibility index (Phi) is 2.55. The Bertz CT molecular complexity index is 138. The van der Waals surface area contributed by atoms with E-state index in [9.17, 15) is 4.79 Å². The van der Waals surface area contributed by atoms with Crippen molar-refractivity contribution < 1.29 is 4.79 Å². The van der Waals surface area contributed by atoms with Gasteiger partial charge in [0.15, 0.2) is 0 Å². The van der Waals surface area contributed by atoms with Gasteiger partial charge in [-0.1, -0.05) is 13.3 Å². The highest BCUT2D eigenvalue weighted by atomic mass is 35.5. The minimum atomic E-state index is -0.225. The van der Waals surface area contributed by atoms with Gasteiger partial charge in [-0.15, -0.1) is 11.6 Å². The maximum Gasteiger partial charge on any atom is 0.242 e. The molecule has 1 atom stereocenters. The summed E-state index contributed by atoms with van der Waals surface area (Å²) >= 11 is 5.58. The lowest BCUT2D eigenvalue weighted by Crippen LogP contribution is -2.53. The molecule has 2 nitrogen and oxygen atoms in total. The van der Waals surface area contributed by atoms with Gasteiger partial charge in [-0.2, -0.15) is 0 Å². The van der Waals surface area contributed by atoms with Crippen LogP contribution in [-0.2, 0) is 4.79 Å². The second-order valence-electron chi connectivity index (χ2n) is 2.61. The number of hydrogen-bond donors (Lipinski definition) is 0. The number of likely N-dealkylation sites (tertiary alicyclic amines) is 1. The lowest BCUT2D eigenvalue weighted by molar-refractivity contribution is -0.139. The highest BCUT2D eigenvalue weighted by Gasteiger charge is 2.33. The molecule has 0 aromatic heterocycles. The van der Waals surface area contributed by atoms with E-state index < -0.39 is 0 Å². The molecule has 0 saturated carbocycles. The van der Waals surface area contributed by atoms with E-state index in [1.807, 2.05) is 0 Å². The van der Waals surface area contributed by atoms with Crippen LogP contribution in [0.5, 0.6) is 0 Å². The van der Waals surface area contributed by atoms with Gasteiger partial charge in [-0.05, 0) is 6.42 Å². The molecule has 0 N–H and O–H groups in total. The molecular formula is C7H12ClNO. The van der Waals surface area contributed by atoms with Crippen LogP contribution in [0, 0.1) is 0 Å². The van der Waals surface area contributed by atoms with Crippen molar-refractivity contribution >= 4 is 17.5 Å². The summed E-state index contributed by atoms with van der Waals surface area (Å²) in [4.78, 5) is 12.7. The maximum absolute atomic E-state index is 10.9. The second-order valence-corrected chi connectivity index (χ2v) is 3.13. The van der Waals surface area contributed by atoms with Gasteiger partial charge in [0.2, 0.25) is 5.91 Å². The van der Waals surface area contributed by atoms with Crippen LogP contribution in [0.3, 0.4) is 0 Å². The van der Waals surface area contributed by atoms with Crippen molar-refractivity contribution in [2.45, 2.75) is 25.1 Å². The Morgan fingerprint density at radius 2 is 2.50 bits per heavy atom. The number of rotatable bonds is 3. The molecule has 0 aromatic carbocycles. The number of alkyl halides is 1. The van der Waals surface area contributed by atoms with Gasteiger partial charge in [0, 0.05) is 13.1 Å². The van der Waals surface area contributed by atoms with Gasteiger partial charge in [0.1, 0.15) is 5.38 Å². The zero-order valence-corrected chi connectivity index (χ0v) is 6.90. The van der Waals surface area contributed by atoms with E-state index in [0.29, 0.717) is 0 Å². The SMILES string of the molecule is CCCCN1CC(Cl)C1=O. The number of halogens is 1. The number of nitrogens with zero attached hydrogens (tertiary/aromatic N) is 1. The van der Waals surface area contributed by atoms with Crippen molar-refractivity contribution in [3.63, 3.8) is 0 Å². The molecule has 1 fully saturated rings. The molecule has 0 spiro atoms. The average Bonchev–Trinajstić information content (AvgIpc) is 1.97. The third-order valence-electron chi connectivity index (χ3n) is 1.74. The molecule has 10 heavy (non-hydrogen) atoms. The lowest BCUT2D eigenvalue weighted by Gasteiger charge is -2.34. The van der Waals surface area contributed by atoms with Crippen LogP contribution in [0.2, 0.25) is 0 Å². The third kappa shape index (κ3) is 1.43. The molecule has 1 heterocycles. The fraction of sp³-hybridized carbons (Fsp3) is 0.857. The van der Waals surface area contributed by atoms with E-state index >= 15 is 0 Å². The number of unbranched alkanes of at least 4 members (excludes halogenated alkanes) is 1. The topological polar surface area (TPSA) is 20.3 Å². The molecule has 0 bridgehead atoms. The van der Waals surface area contributed by atoms with Gasteiger partial charge < -0.3 is 4.90 Å². The molecule has 1 unspecified atom stereocenters. The van der Waals surface area contributed by atoms with E-state index in [-0.39, 0.29) is 11.3 Å². The van der Waals surface area contributed by atoms with Crippen LogP contribution in [0.4, 0.5) is 0 Å². The Labute approximate surface area is 66.1 Å². The molecule has 1 amide bonds. The zero-order chi connectivity index (χ0) is 7.56. The molecule has 3 heteroatoms. The van der Waals surface area contributed by atoms with Crippen LogP contribution in [-0.4, -0.2) is 29.3 Å². The fourth-order valence-corrected chi connectivity index (χ4v) is 1.30. The summed E-state index contributed by atoms with van der Waals surface area (Å²) in [5, 5.41) is -0.225. The zero-order valence-electron chi connectivity index (χ0n) is 6.14. The molecular weight excluding hydrogens is 150 g/mol. The molecule has 0 radical (unpaired) electrons. The lowest BCUT2D eigenvalue weighted by atomic mass is 10.2. The van der Waals surface area contributed by atoms with E-state index in [1.54, 1.807) is 4.90 Å². The summed E-state index contributed by atoms with van der Waals surface area (Å²) in [6.07, 6.45) is 2.23. The van der Waals surface area contributed by atoms with E-state index in [1.165, 1.54) is 0 Å². The van der Waals surface area contributed by atoms with Crippen molar-refractivity contribution in [2.75, 3.05) is 13.1 Å². The first-order valence-electron chi connectivity index (χ1n) is 3.68. The number of carbonyl (C=O) groups excluding carboxylic acids is 1. The highest BCUT2D eigenvalue weighted by molar-refractivity contribution is 6.33. The molecule has 1 saturated heterocycles. The minimum Gasteiger partial charge on any atom is -0.339 e. The molecule has 1 rings (SSSR count). The Morgan fingerprint density at radius 3 is 2.90 bits per heavy atom. The quantitative estimate of drug-likeness (QED) is 0.451. The van der Waals surface area contributed by atoms with Crippen molar-refractivity contribution in [1.82, 2.24) is 4.90 Å². The maximum atomic E-state index is 10.9. The molecule has 1 aliphatic heterocycles. The molecule has 1 aliphatic rings. The van der Waals surface area contributed by atoms with E-state index in [2.05, 4.69) is 6.92 Å².